The molecule has 0 spiro atoms. The maximum Gasteiger partial charge on any atom is 0.338 e. The maximum absolute atomic E-state index is 12.4. The fourth-order valence-electron chi connectivity index (χ4n) is 3.21. The summed E-state index contributed by atoms with van der Waals surface area (Å²) in [4.78, 5) is 24.4. The van der Waals surface area contributed by atoms with Crippen LogP contribution in [0.25, 0.3) is 11.0 Å². The lowest BCUT2D eigenvalue weighted by Crippen LogP contribution is -2.09. The van der Waals surface area contributed by atoms with Crippen LogP contribution in [0.1, 0.15) is 46.8 Å². The van der Waals surface area contributed by atoms with Crippen LogP contribution in [0.5, 0.6) is 0 Å². The molecule has 6 nitrogen and oxygen atoms in total. The van der Waals surface area contributed by atoms with Crippen molar-refractivity contribution < 1.29 is 22.4 Å². The highest BCUT2D eigenvalue weighted by atomic mass is 32.2. The van der Waals surface area contributed by atoms with Gasteiger partial charge in [0.15, 0.2) is 9.84 Å². The highest BCUT2D eigenvalue weighted by Gasteiger charge is 2.15. The average molecular weight is 414 g/mol. The molecule has 0 N–H and O–H groups in total. The Morgan fingerprint density at radius 3 is 2.52 bits per heavy atom. The van der Waals surface area contributed by atoms with Gasteiger partial charge in [-0.05, 0) is 54.3 Å². The maximum atomic E-state index is 12.4. The largest absolute Gasteiger partial charge is 0.457 e. The molecule has 7 heteroatoms. The molecular formula is C22H22O6S. The fourth-order valence-corrected chi connectivity index (χ4v) is 3.88. The highest BCUT2D eigenvalue weighted by Crippen LogP contribution is 2.27. The molecule has 0 aliphatic heterocycles. The standard InChI is InChI=1S/C22H22O6S/c1-13(2)18-11-19-16(10-21(23)28-20(19)8-14(18)3)12-27-22(24)15-6-5-7-17(9-15)29(4,25)26/h5-11,13H,12H2,1-4H3. The van der Waals surface area contributed by atoms with Crippen LogP contribution in [0.15, 0.2) is 56.6 Å². The Balaban J connectivity index is 1.93. The number of sulfone groups is 1. The second-order valence-corrected chi connectivity index (χ2v) is 9.34. The zero-order chi connectivity index (χ0) is 21.3. The summed E-state index contributed by atoms with van der Waals surface area (Å²) in [5, 5.41) is 0.705. The van der Waals surface area contributed by atoms with Crippen LogP contribution in [0.4, 0.5) is 0 Å². The SMILES string of the molecule is Cc1cc2oc(=O)cc(COC(=O)c3cccc(S(C)(=O)=O)c3)c2cc1C(C)C. The summed E-state index contributed by atoms with van der Waals surface area (Å²) in [6.07, 6.45) is 1.07. The number of hydrogen-bond donors (Lipinski definition) is 0. The minimum absolute atomic E-state index is 0.0369. The van der Waals surface area contributed by atoms with Crippen molar-refractivity contribution in [2.24, 2.45) is 0 Å². The molecule has 0 aliphatic carbocycles. The van der Waals surface area contributed by atoms with Gasteiger partial charge >= 0.3 is 11.6 Å². The second kappa shape index (κ2) is 7.83. The molecule has 152 valence electrons. The third-order valence-corrected chi connectivity index (χ3v) is 5.81. The van der Waals surface area contributed by atoms with Crippen LogP contribution in [0.2, 0.25) is 0 Å². The number of fused-ring (bicyclic) bond motifs is 1. The lowest BCUT2D eigenvalue weighted by atomic mass is 9.95. The van der Waals surface area contributed by atoms with E-state index in [1.165, 1.54) is 30.3 Å². The van der Waals surface area contributed by atoms with Gasteiger partial charge in [0.2, 0.25) is 0 Å². The Hall–Kier alpha value is -2.93. The van der Waals surface area contributed by atoms with E-state index in [0.29, 0.717) is 16.5 Å². The van der Waals surface area contributed by atoms with Crippen LogP contribution >= 0.6 is 0 Å². The lowest BCUT2D eigenvalue weighted by molar-refractivity contribution is 0.0473. The smallest absolute Gasteiger partial charge is 0.338 e. The predicted octanol–water partition coefficient (Wildman–Crippen LogP) is 3.99. The molecule has 0 bridgehead atoms. The van der Waals surface area contributed by atoms with Crippen molar-refractivity contribution in [2.75, 3.05) is 6.26 Å². The summed E-state index contributed by atoms with van der Waals surface area (Å²) in [5.41, 5.74) is 2.69. The average Bonchev–Trinajstić information content (AvgIpc) is 2.64. The van der Waals surface area contributed by atoms with E-state index in [1.54, 1.807) is 0 Å². The summed E-state index contributed by atoms with van der Waals surface area (Å²) in [7, 11) is -3.44. The van der Waals surface area contributed by atoms with Gasteiger partial charge in [-0.15, -0.1) is 0 Å². The van der Waals surface area contributed by atoms with Crippen LogP contribution < -0.4 is 5.63 Å². The van der Waals surface area contributed by atoms with Gasteiger partial charge in [0.05, 0.1) is 10.5 Å². The first-order chi connectivity index (χ1) is 13.6. The Kier molecular flexibility index (Phi) is 5.61. The van der Waals surface area contributed by atoms with Crippen molar-refractivity contribution in [3.05, 3.63) is 75.1 Å². The first-order valence-corrected chi connectivity index (χ1v) is 11.0. The molecule has 0 atom stereocenters. The van der Waals surface area contributed by atoms with Gasteiger partial charge in [0.25, 0.3) is 0 Å². The first kappa shape index (κ1) is 20.8. The van der Waals surface area contributed by atoms with Gasteiger partial charge in [-0.25, -0.2) is 18.0 Å². The molecule has 29 heavy (non-hydrogen) atoms. The molecule has 1 heterocycles. The van der Waals surface area contributed by atoms with Crippen LogP contribution in [-0.4, -0.2) is 20.6 Å². The monoisotopic (exact) mass is 414 g/mol. The minimum Gasteiger partial charge on any atom is -0.457 e. The van der Waals surface area contributed by atoms with Crippen molar-refractivity contribution in [2.45, 2.75) is 38.2 Å². The van der Waals surface area contributed by atoms with E-state index < -0.39 is 21.4 Å². The first-order valence-electron chi connectivity index (χ1n) is 9.11. The van der Waals surface area contributed by atoms with E-state index in [-0.39, 0.29) is 23.0 Å². The zero-order valence-electron chi connectivity index (χ0n) is 16.7. The van der Waals surface area contributed by atoms with E-state index in [0.717, 1.165) is 17.4 Å². The zero-order valence-corrected chi connectivity index (χ0v) is 17.5. The van der Waals surface area contributed by atoms with Gasteiger partial charge in [0, 0.05) is 23.3 Å². The highest BCUT2D eigenvalue weighted by molar-refractivity contribution is 7.90. The van der Waals surface area contributed by atoms with Gasteiger partial charge in [0.1, 0.15) is 12.2 Å². The Morgan fingerprint density at radius 1 is 1.14 bits per heavy atom. The number of carbonyl (C=O) groups excluding carboxylic acids is 1. The summed E-state index contributed by atoms with van der Waals surface area (Å²) in [6, 6.07) is 10.7. The normalized spacial score (nSPS) is 11.8. The van der Waals surface area contributed by atoms with Crippen LogP contribution in [0, 0.1) is 6.92 Å². The molecule has 0 fully saturated rings. The van der Waals surface area contributed by atoms with E-state index in [9.17, 15) is 18.0 Å². The third kappa shape index (κ3) is 4.56. The van der Waals surface area contributed by atoms with Gasteiger partial charge in [-0.2, -0.15) is 0 Å². The number of hydrogen-bond acceptors (Lipinski definition) is 6. The molecule has 1 aromatic heterocycles. The van der Waals surface area contributed by atoms with Gasteiger partial charge < -0.3 is 9.15 Å². The van der Waals surface area contributed by atoms with Crippen molar-refractivity contribution in [3.8, 4) is 0 Å². The van der Waals surface area contributed by atoms with E-state index >= 15 is 0 Å². The summed E-state index contributed by atoms with van der Waals surface area (Å²) in [6.45, 7) is 5.96. The van der Waals surface area contributed by atoms with E-state index in [1.807, 2.05) is 19.1 Å². The Labute approximate surface area is 169 Å². The molecule has 3 rings (SSSR count). The lowest BCUT2D eigenvalue weighted by Gasteiger charge is -2.13. The molecule has 0 radical (unpaired) electrons. The van der Waals surface area contributed by atoms with Crippen molar-refractivity contribution >= 4 is 26.8 Å². The summed E-state index contributed by atoms with van der Waals surface area (Å²) in [5.74, 6) is -0.395. The number of esters is 1. The van der Waals surface area contributed by atoms with Gasteiger partial charge in [-0.3, -0.25) is 0 Å². The number of rotatable bonds is 5. The summed E-state index contributed by atoms with van der Waals surface area (Å²) < 4.78 is 34.0. The van der Waals surface area contributed by atoms with Crippen LogP contribution in [0.3, 0.4) is 0 Å². The molecule has 0 aliphatic rings. The van der Waals surface area contributed by atoms with E-state index in [2.05, 4.69) is 13.8 Å². The number of benzene rings is 2. The molecule has 0 saturated heterocycles. The van der Waals surface area contributed by atoms with Crippen molar-refractivity contribution in [1.29, 1.82) is 0 Å². The number of ether oxygens (including phenoxy) is 1. The molecule has 3 aromatic rings. The number of carbonyl (C=O) groups is 1. The molecule has 0 saturated carbocycles. The molecular weight excluding hydrogens is 392 g/mol. The quantitative estimate of drug-likeness (QED) is 0.463. The Bertz CT molecular complexity index is 1250. The summed E-state index contributed by atoms with van der Waals surface area (Å²) >= 11 is 0. The third-order valence-electron chi connectivity index (χ3n) is 4.70. The number of aryl methyl sites for hydroxylation is 1. The Morgan fingerprint density at radius 2 is 1.86 bits per heavy atom. The van der Waals surface area contributed by atoms with E-state index in [4.69, 9.17) is 9.15 Å². The van der Waals surface area contributed by atoms with Crippen LogP contribution in [-0.2, 0) is 21.2 Å². The molecule has 2 aromatic carbocycles. The molecule has 0 amide bonds. The van der Waals surface area contributed by atoms with Gasteiger partial charge in [-0.1, -0.05) is 19.9 Å². The fraction of sp³-hybridized carbons (Fsp3) is 0.273. The topological polar surface area (TPSA) is 90.7 Å². The minimum atomic E-state index is -3.44. The second-order valence-electron chi connectivity index (χ2n) is 7.33. The predicted molar refractivity (Wildman–Crippen MR) is 110 cm³/mol. The van der Waals surface area contributed by atoms with Crippen molar-refractivity contribution in [1.82, 2.24) is 0 Å². The molecule has 0 unspecified atom stereocenters. The van der Waals surface area contributed by atoms with Crippen molar-refractivity contribution in [3.63, 3.8) is 0 Å².